The quantitative estimate of drug-likeness (QED) is 0.543. The van der Waals surface area contributed by atoms with E-state index in [9.17, 15) is 22.8 Å². The Morgan fingerprint density at radius 3 is 2.40 bits per heavy atom. The van der Waals surface area contributed by atoms with Crippen LogP contribution in [0.2, 0.25) is 0 Å². The standard InChI is InChI=1S/C25H23F3N4O3/c1-35-18-6-4-16(5-7-18)15-30-24(33)19-3-2-8-29-23(19)31-9-11-32(12-10-31)25(34)20-13-17(26)14-21(27)22(20)28/h2-8,13-14H,9-12,15H2,1H3,(H,30,33). The van der Waals surface area contributed by atoms with Gasteiger partial charge in [-0.15, -0.1) is 0 Å². The Morgan fingerprint density at radius 2 is 1.71 bits per heavy atom. The van der Waals surface area contributed by atoms with Crippen LogP contribution in [0.25, 0.3) is 0 Å². The molecule has 1 aliphatic heterocycles. The van der Waals surface area contributed by atoms with E-state index >= 15 is 0 Å². The van der Waals surface area contributed by atoms with Crippen LogP contribution in [0.15, 0.2) is 54.7 Å². The number of halogens is 3. The van der Waals surface area contributed by atoms with Crippen LogP contribution in [0, 0.1) is 17.5 Å². The highest BCUT2D eigenvalue weighted by atomic mass is 19.2. The SMILES string of the molecule is COc1ccc(CNC(=O)c2cccnc2N2CCN(C(=O)c3cc(F)cc(F)c3F)CC2)cc1. The molecule has 35 heavy (non-hydrogen) atoms. The van der Waals surface area contributed by atoms with E-state index in [0.717, 1.165) is 11.3 Å². The van der Waals surface area contributed by atoms with Gasteiger partial charge in [-0.05, 0) is 35.9 Å². The summed E-state index contributed by atoms with van der Waals surface area (Å²) in [6.45, 7) is 1.26. The zero-order valence-electron chi connectivity index (χ0n) is 18.9. The number of pyridine rings is 1. The summed E-state index contributed by atoms with van der Waals surface area (Å²) >= 11 is 0. The van der Waals surface area contributed by atoms with Crippen LogP contribution in [0.1, 0.15) is 26.3 Å². The first kappa shape index (κ1) is 24.1. The zero-order chi connectivity index (χ0) is 24.9. The van der Waals surface area contributed by atoms with Gasteiger partial charge in [0.15, 0.2) is 11.6 Å². The third kappa shape index (κ3) is 5.37. The first-order valence-corrected chi connectivity index (χ1v) is 10.9. The largest absolute Gasteiger partial charge is 0.497 e. The molecule has 1 fully saturated rings. The van der Waals surface area contributed by atoms with Crippen molar-refractivity contribution in [2.75, 3.05) is 38.2 Å². The topological polar surface area (TPSA) is 74.8 Å². The highest BCUT2D eigenvalue weighted by Crippen LogP contribution is 2.22. The van der Waals surface area contributed by atoms with Crippen molar-refractivity contribution in [3.63, 3.8) is 0 Å². The lowest BCUT2D eigenvalue weighted by Gasteiger charge is -2.36. The molecule has 182 valence electrons. The van der Waals surface area contributed by atoms with Gasteiger partial charge in [-0.25, -0.2) is 18.2 Å². The predicted molar refractivity (Wildman–Crippen MR) is 123 cm³/mol. The van der Waals surface area contributed by atoms with E-state index in [1.54, 1.807) is 25.4 Å². The summed E-state index contributed by atoms with van der Waals surface area (Å²) in [4.78, 5) is 33.0. The minimum Gasteiger partial charge on any atom is -0.497 e. The molecule has 0 spiro atoms. The first-order valence-electron chi connectivity index (χ1n) is 10.9. The van der Waals surface area contributed by atoms with E-state index in [2.05, 4.69) is 10.3 Å². The highest BCUT2D eigenvalue weighted by molar-refractivity contribution is 5.99. The summed E-state index contributed by atoms with van der Waals surface area (Å²) in [7, 11) is 1.58. The molecule has 0 unspecified atom stereocenters. The molecule has 10 heteroatoms. The fourth-order valence-electron chi connectivity index (χ4n) is 3.85. The number of rotatable bonds is 6. The van der Waals surface area contributed by atoms with Gasteiger partial charge in [0.1, 0.15) is 17.4 Å². The average molecular weight is 484 g/mol. The lowest BCUT2D eigenvalue weighted by Crippen LogP contribution is -2.49. The Bertz CT molecular complexity index is 1230. The van der Waals surface area contributed by atoms with Crippen molar-refractivity contribution in [2.45, 2.75) is 6.54 Å². The number of benzene rings is 2. The van der Waals surface area contributed by atoms with Gasteiger partial charge in [-0.3, -0.25) is 9.59 Å². The fourth-order valence-corrected chi connectivity index (χ4v) is 3.85. The maximum Gasteiger partial charge on any atom is 0.257 e. The van der Waals surface area contributed by atoms with Crippen LogP contribution in [-0.2, 0) is 6.54 Å². The number of methoxy groups -OCH3 is 1. The number of aromatic nitrogens is 1. The van der Waals surface area contributed by atoms with Crippen molar-refractivity contribution in [1.82, 2.24) is 15.2 Å². The molecule has 2 amide bonds. The van der Waals surface area contributed by atoms with Crippen LogP contribution < -0.4 is 15.0 Å². The Balaban J connectivity index is 1.41. The number of carbonyl (C=O) groups excluding carboxylic acids is 2. The molecule has 2 heterocycles. The third-order valence-electron chi connectivity index (χ3n) is 5.73. The molecular weight excluding hydrogens is 461 g/mol. The molecule has 0 aliphatic carbocycles. The maximum atomic E-state index is 14.0. The van der Waals surface area contributed by atoms with Crippen molar-refractivity contribution in [3.05, 3.63) is 88.9 Å². The molecule has 3 aromatic rings. The third-order valence-corrected chi connectivity index (χ3v) is 5.73. The molecule has 2 aromatic carbocycles. The first-order chi connectivity index (χ1) is 16.9. The van der Waals surface area contributed by atoms with Crippen LogP contribution in [0.4, 0.5) is 19.0 Å². The highest BCUT2D eigenvalue weighted by Gasteiger charge is 2.28. The minimum atomic E-state index is -1.41. The second kappa shape index (κ2) is 10.5. The smallest absolute Gasteiger partial charge is 0.257 e. The number of amides is 2. The van der Waals surface area contributed by atoms with Gasteiger partial charge in [0.05, 0.1) is 18.2 Å². The van der Waals surface area contributed by atoms with Gasteiger partial charge in [-0.2, -0.15) is 0 Å². The van der Waals surface area contributed by atoms with Gasteiger partial charge in [0, 0.05) is 45.0 Å². The number of anilines is 1. The molecule has 0 radical (unpaired) electrons. The minimum absolute atomic E-state index is 0.167. The van der Waals surface area contributed by atoms with Crippen molar-refractivity contribution in [3.8, 4) is 5.75 Å². The van der Waals surface area contributed by atoms with Crippen molar-refractivity contribution in [2.24, 2.45) is 0 Å². The van der Waals surface area contributed by atoms with Gasteiger partial charge < -0.3 is 19.9 Å². The molecular formula is C25H23F3N4O3. The number of nitrogens with zero attached hydrogens (tertiary/aromatic N) is 3. The molecule has 1 aromatic heterocycles. The number of hydrogen-bond donors (Lipinski definition) is 1. The van der Waals surface area contributed by atoms with Crippen molar-refractivity contribution in [1.29, 1.82) is 0 Å². The summed E-state index contributed by atoms with van der Waals surface area (Å²) < 4.78 is 46.2. The number of piperazine rings is 1. The van der Waals surface area contributed by atoms with E-state index in [1.165, 1.54) is 4.90 Å². The second-order valence-corrected chi connectivity index (χ2v) is 7.93. The Labute approximate surface area is 200 Å². The molecule has 0 bridgehead atoms. The lowest BCUT2D eigenvalue weighted by molar-refractivity contribution is 0.0739. The summed E-state index contributed by atoms with van der Waals surface area (Å²) in [5.74, 6) is -3.74. The van der Waals surface area contributed by atoms with E-state index < -0.39 is 28.9 Å². The Morgan fingerprint density at radius 1 is 1.00 bits per heavy atom. The Kier molecular flexibility index (Phi) is 7.19. The number of carbonyl (C=O) groups is 2. The summed E-state index contributed by atoms with van der Waals surface area (Å²) in [5.41, 5.74) is 0.629. The van der Waals surface area contributed by atoms with E-state index in [1.807, 2.05) is 29.2 Å². The van der Waals surface area contributed by atoms with Gasteiger partial charge in [-0.1, -0.05) is 12.1 Å². The molecule has 0 saturated carbocycles. The predicted octanol–water partition coefficient (Wildman–Crippen LogP) is 3.40. The van der Waals surface area contributed by atoms with E-state index in [0.29, 0.717) is 43.1 Å². The summed E-state index contributed by atoms with van der Waals surface area (Å²) in [6.07, 6.45) is 1.57. The molecule has 0 atom stereocenters. The molecule has 1 aliphatic rings. The number of hydrogen-bond acceptors (Lipinski definition) is 5. The maximum absolute atomic E-state index is 14.0. The van der Waals surface area contributed by atoms with Crippen LogP contribution in [0.5, 0.6) is 5.75 Å². The molecule has 1 N–H and O–H groups in total. The van der Waals surface area contributed by atoms with E-state index in [-0.39, 0.29) is 19.0 Å². The fraction of sp³-hybridized carbons (Fsp3) is 0.240. The monoisotopic (exact) mass is 484 g/mol. The summed E-state index contributed by atoms with van der Waals surface area (Å²) in [5, 5.41) is 2.87. The van der Waals surface area contributed by atoms with Crippen LogP contribution >= 0.6 is 0 Å². The van der Waals surface area contributed by atoms with Crippen LogP contribution in [0.3, 0.4) is 0 Å². The summed E-state index contributed by atoms with van der Waals surface area (Å²) in [6, 6.07) is 11.7. The average Bonchev–Trinajstić information content (AvgIpc) is 2.89. The van der Waals surface area contributed by atoms with E-state index in [4.69, 9.17) is 4.74 Å². The number of nitrogens with one attached hydrogen (secondary N) is 1. The zero-order valence-corrected chi connectivity index (χ0v) is 18.9. The van der Waals surface area contributed by atoms with Crippen molar-refractivity contribution >= 4 is 17.6 Å². The van der Waals surface area contributed by atoms with Crippen LogP contribution in [-0.4, -0.2) is 55.0 Å². The van der Waals surface area contributed by atoms with Gasteiger partial charge in [0.2, 0.25) is 0 Å². The Hall–Kier alpha value is -4.08. The normalized spacial score (nSPS) is 13.5. The molecule has 1 saturated heterocycles. The second-order valence-electron chi connectivity index (χ2n) is 7.93. The lowest BCUT2D eigenvalue weighted by atomic mass is 10.1. The van der Waals surface area contributed by atoms with Crippen molar-refractivity contribution < 1.29 is 27.5 Å². The van der Waals surface area contributed by atoms with Gasteiger partial charge in [0.25, 0.3) is 11.8 Å². The number of ether oxygens (including phenoxy) is 1. The molecule has 4 rings (SSSR count). The van der Waals surface area contributed by atoms with Gasteiger partial charge >= 0.3 is 0 Å². The molecule has 7 nitrogen and oxygen atoms in total.